The van der Waals surface area contributed by atoms with Crippen molar-refractivity contribution in [1.82, 2.24) is 15.8 Å². The van der Waals surface area contributed by atoms with Gasteiger partial charge >= 0.3 is 0 Å². The van der Waals surface area contributed by atoms with Crippen molar-refractivity contribution in [2.75, 3.05) is 12.4 Å². The fraction of sp³-hybridized carbons (Fsp3) is 0.440. The number of ether oxygens (including phenoxy) is 1. The van der Waals surface area contributed by atoms with Crippen molar-refractivity contribution in [3.05, 3.63) is 53.9 Å². The van der Waals surface area contributed by atoms with Crippen molar-refractivity contribution < 1.29 is 9.53 Å². The monoisotopic (exact) mass is 414 g/mol. The summed E-state index contributed by atoms with van der Waals surface area (Å²) in [5.74, 6) is 9.09. The van der Waals surface area contributed by atoms with Gasteiger partial charge in [0.1, 0.15) is 5.75 Å². The van der Waals surface area contributed by atoms with E-state index in [4.69, 9.17) is 4.74 Å². The summed E-state index contributed by atoms with van der Waals surface area (Å²) in [6.07, 6.45) is 7.87. The number of rotatable bonds is 2. The van der Waals surface area contributed by atoms with Crippen molar-refractivity contribution in [2.45, 2.75) is 43.2 Å². The number of methoxy groups -OCH3 is 1. The van der Waals surface area contributed by atoms with Gasteiger partial charge in [-0.05, 0) is 73.4 Å². The number of carbonyl (C=O) groups excluding carboxylic acids is 1. The van der Waals surface area contributed by atoms with Crippen LogP contribution in [0.1, 0.15) is 36.8 Å². The van der Waals surface area contributed by atoms with Crippen LogP contribution in [0, 0.1) is 29.6 Å². The molecule has 158 valence electrons. The van der Waals surface area contributed by atoms with Crippen LogP contribution in [0.3, 0.4) is 0 Å². The van der Waals surface area contributed by atoms with Crippen LogP contribution >= 0.6 is 0 Å². The van der Waals surface area contributed by atoms with E-state index in [1.54, 1.807) is 19.5 Å². The molecule has 1 amide bonds. The third-order valence-electron chi connectivity index (χ3n) is 7.77. The molecule has 3 heterocycles. The predicted molar refractivity (Wildman–Crippen MR) is 117 cm³/mol. The molecule has 1 aromatic carbocycles. The van der Waals surface area contributed by atoms with Gasteiger partial charge < -0.3 is 10.1 Å². The molecule has 2 aliphatic carbocycles. The molecule has 2 saturated carbocycles. The molecule has 2 aliphatic heterocycles. The number of benzene rings is 1. The summed E-state index contributed by atoms with van der Waals surface area (Å²) < 4.78 is 5.43. The van der Waals surface area contributed by atoms with Crippen LogP contribution in [0.4, 0.5) is 5.69 Å². The van der Waals surface area contributed by atoms with E-state index in [0.29, 0.717) is 23.8 Å². The number of aromatic nitrogens is 1. The van der Waals surface area contributed by atoms with Gasteiger partial charge in [-0.1, -0.05) is 11.8 Å². The second-order valence-electron chi connectivity index (χ2n) is 9.27. The quantitative estimate of drug-likeness (QED) is 0.659. The van der Waals surface area contributed by atoms with E-state index in [1.807, 2.05) is 24.3 Å². The highest BCUT2D eigenvalue weighted by atomic mass is 16.5. The number of nitrogens with one attached hydrogen (secondary N) is 3. The molecule has 4 aliphatic rings. The van der Waals surface area contributed by atoms with E-state index < -0.39 is 0 Å². The maximum absolute atomic E-state index is 13.0. The molecule has 0 radical (unpaired) electrons. The van der Waals surface area contributed by atoms with Crippen molar-refractivity contribution in [2.24, 2.45) is 17.8 Å². The van der Waals surface area contributed by atoms with Crippen LogP contribution in [0.25, 0.3) is 0 Å². The Hall–Kier alpha value is -2.88. The molecule has 0 bridgehead atoms. The summed E-state index contributed by atoms with van der Waals surface area (Å²) in [5.41, 5.74) is 9.58. The predicted octanol–water partition coefficient (Wildman–Crippen LogP) is 2.61. The van der Waals surface area contributed by atoms with Crippen LogP contribution in [0.15, 0.2) is 42.7 Å². The number of pyridine rings is 1. The Morgan fingerprint density at radius 1 is 1.23 bits per heavy atom. The summed E-state index contributed by atoms with van der Waals surface area (Å²) in [4.78, 5) is 17.1. The minimum absolute atomic E-state index is 0.152. The van der Waals surface area contributed by atoms with E-state index in [1.165, 1.54) is 0 Å². The van der Waals surface area contributed by atoms with Gasteiger partial charge in [0.15, 0.2) is 0 Å². The highest BCUT2D eigenvalue weighted by molar-refractivity contribution is 6.09. The Morgan fingerprint density at radius 2 is 2.16 bits per heavy atom. The zero-order valence-electron chi connectivity index (χ0n) is 17.5. The summed E-state index contributed by atoms with van der Waals surface area (Å²) in [5, 5.41) is 3.11. The molecular weight excluding hydrogens is 388 g/mol. The van der Waals surface area contributed by atoms with E-state index in [-0.39, 0.29) is 17.4 Å². The molecule has 6 nitrogen and oxygen atoms in total. The lowest BCUT2D eigenvalue weighted by Gasteiger charge is -2.32. The first-order valence-corrected chi connectivity index (χ1v) is 11.1. The van der Waals surface area contributed by atoms with E-state index in [0.717, 1.165) is 48.2 Å². The summed E-state index contributed by atoms with van der Waals surface area (Å²) >= 11 is 0. The molecule has 6 unspecified atom stereocenters. The Bertz CT molecular complexity index is 1090. The lowest BCUT2D eigenvalue weighted by molar-refractivity contribution is -0.118. The number of hydrazine groups is 1. The minimum atomic E-state index is -0.354. The fourth-order valence-corrected chi connectivity index (χ4v) is 6.11. The Labute approximate surface area is 182 Å². The summed E-state index contributed by atoms with van der Waals surface area (Å²) in [6.45, 7) is 0. The number of anilines is 1. The summed E-state index contributed by atoms with van der Waals surface area (Å²) in [7, 11) is 1.68. The average molecular weight is 415 g/mol. The van der Waals surface area contributed by atoms with Gasteiger partial charge in [0, 0.05) is 35.6 Å². The highest BCUT2D eigenvalue weighted by Crippen LogP contribution is 2.65. The molecular formula is C25H26N4O2. The fourth-order valence-electron chi connectivity index (χ4n) is 6.11. The number of nitrogens with zero attached hydrogens (tertiary/aromatic N) is 1. The topological polar surface area (TPSA) is 75.3 Å². The number of fused-ring (bicyclic) bond motifs is 3. The van der Waals surface area contributed by atoms with Crippen molar-refractivity contribution in [1.29, 1.82) is 0 Å². The van der Waals surface area contributed by atoms with Gasteiger partial charge in [0.05, 0.1) is 18.6 Å². The van der Waals surface area contributed by atoms with Gasteiger partial charge in [-0.25, -0.2) is 5.43 Å². The first-order chi connectivity index (χ1) is 15.2. The maximum Gasteiger partial charge on any atom is 0.235 e. The SMILES string of the molecule is COc1ccc2c(c1)C1(CC1C1CCC3C(C#Cc4cccnc4)NNC3C1)C(=O)N2. The molecule has 3 N–H and O–H groups in total. The molecule has 6 rings (SSSR count). The smallest absolute Gasteiger partial charge is 0.235 e. The van der Waals surface area contributed by atoms with Crippen LogP contribution in [-0.4, -0.2) is 30.1 Å². The lowest BCUT2D eigenvalue weighted by Crippen LogP contribution is -2.37. The van der Waals surface area contributed by atoms with Gasteiger partial charge in [-0.3, -0.25) is 15.2 Å². The lowest BCUT2D eigenvalue weighted by atomic mass is 9.73. The molecule has 3 fully saturated rings. The molecule has 31 heavy (non-hydrogen) atoms. The highest BCUT2D eigenvalue weighted by Gasteiger charge is 2.67. The first kappa shape index (κ1) is 18.9. The first-order valence-electron chi connectivity index (χ1n) is 11.1. The van der Waals surface area contributed by atoms with Crippen molar-refractivity contribution in [3.63, 3.8) is 0 Å². The van der Waals surface area contributed by atoms with Crippen LogP contribution in [0.2, 0.25) is 0 Å². The number of hydrogen-bond acceptors (Lipinski definition) is 5. The van der Waals surface area contributed by atoms with E-state index in [9.17, 15) is 4.79 Å². The van der Waals surface area contributed by atoms with Crippen LogP contribution in [-0.2, 0) is 10.2 Å². The Morgan fingerprint density at radius 3 is 3.00 bits per heavy atom. The molecule has 1 saturated heterocycles. The molecule has 1 aromatic heterocycles. The Kier molecular flexibility index (Phi) is 4.31. The molecule has 1 spiro atoms. The van der Waals surface area contributed by atoms with Gasteiger partial charge in [0.25, 0.3) is 0 Å². The third kappa shape index (κ3) is 2.95. The number of carbonyl (C=O) groups is 1. The average Bonchev–Trinajstić information content (AvgIpc) is 3.35. The molecule has 6 heteroatoms. The van der Waals surface area contributed by atoms with Crippen molar-refractivity contribution in [3.8, 4) is 17.6 Å². The normalized spacial score (nSPS) is 35.0. The third-order valence-corrected chi connectivity index (χ3v) is 7.77. The Balaban J connectivity index is 1.17. The zero-order valence-corrected chi connectivity index (χ0v) is 17.5. The molecule has 2 aromatic rings. The zero-order chi connectivity index (χ0) is 21.0. The summed E-state index contributed by atoms with van der Waals surface area (Å²) in [6, 6.07) is 10.4. The number of hydrogen-bond donors (Lipinski definition) is 3. The van der Waals surface area contributed by atoms with Crippen LogP contribution in [0.5, 0.6) is 5.75 Å². The standard InChI is InChI=1S/C25H26N4O2/c1-31-17-6-9-22-19(12-17)25(24(30)27-22)13-20(25)16-5-7-18-21(28-29-23(18)11-16)8-4-15-3-2-10-26-14-15/h2-3,6,9-10,12,14,16,18,20-21,23,28-29H,5,7,11,13H2,1H3,(H,27,30). The van der Waals surface area contributed by atoms with Crippen LogP contribution < -0.4 is 20.9 Å². The maximum atomic E-state index is 13.0. The second kappa shape index (κ2) is 7.08. The van der Waals surface area contributed by atoms with Gasteiger partial charge in [-0.2, -0.15) is 0 Å². The minimum Gasteiger partial charge on any atom is -0.497 e. The number of amides is 1. The van der Waals surface area contributed by atoms with Gasteiger partial charge in [0.2, 0.25) is 5.91 Å². The second-order valence-corrected chi connectivity index (χ2v) is 9.27. The van der Waals surface area contributed by atoms with E-state index >= 15 is 0 Å². The van der Waals surface area contributed by atoms with Crippen molar-refractivity contribution >= 4 is 11.6 Å². The molecule has 6 atom stereocenters. The largest absolute Gasteiger partial charge is 0.497 e. The van der Waals surface area contributed by atoms with E-state index in [2.05, 4.69) is 39.1 Å². The van der Waals surface area contributed by atoms with Gasteiger partial charge in [-0.15, -0.1) is 0 Å².